The van der Waals surface area contributed by atoms with E-state index < -0.39 is 0 Å². The van der Waals surface area contributed by atoms with Crippen LogP contribution in [0.25, 0.3) is 0 Å². The van der Waals surface area contributed by atoms with E-state index in [1.807, 2.05) is 23.2 Å². The van der Waals surface area contributed by atoms with Gasteiger partial charge in [-0.1, -0.05) is 24.3 Å². The zero-order valence-corrected chi connectivity index (χ0v) is 14.7. The van der Waals surface area contributed by atoms with Crippen LogP contribution in [0, 0.1) is 0 Å². The Hall–Kier alpha value is -2.40. The molecule has 1 atom stereocenters. The molecule has 5 heteroatoms. The Morgan fingerprint density at radius 3 is 2.60 bits per heavy atom. The number of hydrogen-bond donors (Lipinski definition) is 1. The lowest BCUT2D eigenvalue weighted by atomic mass is 10.1. The van der Waals surface area contributed by atoms with Crippen LogP contribution in [-0.2, 0) is 11.2 Å². The molecule has 2 aromatic rings. The average Bonchev–Trinajstić information content (AvgIpc) is 3.12. The highest BCUT2D eigenvalue weighted by Crippen LogP contribution is 2.27. The Labute approximate surface area is 148 Å². The van der Waals surface area contributed by atoms with Gasteiger partial charge in [0.25, 0.3) is 11.7 Å². The second kappa shape index (κ2) is 6.84. The van der Waals surface area contributed by atoms with Crippen molar-refractivity contribution < 1.29 is 14.7 Å². The van der Waals surface area contributed by atoms with Crippen LogP contribution in [0.4, 0.5) is 11.5 Å². The lowest BCUT2D eigenvalue weighted by molar-refractivity contribution is -0.914. The molecule has 2 aliphatic rings. The van der Waals surface area contributed by atoms with Gasteiger partial charge in [0.2, 0.25) is 0 Å². The summed E-state index contributed by atoms with van der Waals surface area (Å²) in [6.07, 6.45) is 2.94. The van der Waals surface area contributed by atoms with Crippen LogP contribution in [0.5, 0.6) is 0 Å². The fourth-order valence-corrected chi connectivity index (χ4v) is 4.02. The fraction of sp³-hybridized carbons (Fsp3) is 0.400. The molecule has 1 saturated heterocycles. The number of hydrogen-bond acceptors (Lipinski definition) is 2. The number of amides is 1. The van der Waals surface area contributed by atoms with Crippen molar-refractivity contribution >= 4 is 17.4 Å². The van der Waals surface area contributed by atoms with Crippen molar-refractivity contribution in [3.05, 3.63) is 54.2 Å². The molecule has 25 heavy (non-hydrogen) atoms. The molecular formula is C20H26N4O+2. The van der Waals surface area contributed by atoms with Crippen molar-refractivity contribution in [2.45, 2.75) is 19.4 Å². The fourth-order valence-electron chi connectivity index (χ4n) is 4.02. The molecular weight excluding hydrogens is 312 g/mol. The molecule has 0 spiro atoms. The van der Waals surface area contributed by atoms with E-state index >= 15 is 0 Å². The van der Waals surface area contributed by atoms with Gasteiger partial charge in [0.15, 0.2) is 6.04 Å². The number of nitrogens with zero attached hydrogens (tertiary/aromatic N) is 2. The zero-order chi connectivity index (χ0) is 17.2. The Morgan fingerprint density at radius 2 is 1.84 bits per heavy atom. The van der Waals surface area contributed by atoms with E-state index in [0.717, 1.165) is 50.6 Å². The first-order valence-corrected chi connectivity index (χ1v) is 9.19. The van der Waals surface area contributed by atoms with Crippen molar-refractivity contribution in [2.75, 3.05) is 42.5 Å². The number of rotatable bonds is 3. The Morgan fingerprint density at radius 1 is 1.08 bits per heavy atom. The zero-order valence-electron chi connectivity index (χ0n) is 14.7. The van der Waals surface area contributed by atoms with Gasteiger partial charge in [-0.25, -0.2) is 4.98 Å². The predicted molar refractivity (Wildman–Crippen MR) is 97.9 cm³/mol. The Balaban J connectivity index is 1.39. The van der Waals surface area contributed by atoms with E-state index in [9.17, 15) is 4.79 Å². The van der Waals surface area contributed by atoms with Crippen LogP contribution in [0.1, 0.15) is 12.5 Å². The van der Waals surface area contributed by atoms with Gasteiger partial charge < -0.3 is 9.80 Å². The monoisotopic (exact) mass is 338 g/mol. The molecule has 2 aliphatic heterocycles. The van der Waals surface area contributed by atoms with Gasteiger partial charge in [0.05, 0.1) is 6.20 Å². The number of anilines is 2. The lowest BCUT2D eigenvalue weighted by Gasteiger charge is -2.33. The second-order valence-corrected chi connectivity index (χ2v) is 6.98. The normalized spacial score (nSPS) is 18.9. The molecule has 0 radical (unpaired) electrons. The molecule has 130 valence electrons. The number of aromatic nitrogens is 1. The summed E-state index contributed by atoms with van der Waals surface area (Å²) in [7, 11) is 0. The highest BCUT2D eigenvalue weighted by atomic mass is 16.2. The summed E-state index contributed by atoms with van der Waals surface area (Å²) in [5, 5.41) is 0. The maximum absolute atomic E-state index is 13.0. The standard InChI is InChI=1S/C20H24N4O/c1-16(20(25)24-11-9-17-6-2-3-7-18(17)24)22-12-14-23(15-13-22)19-8-4-5-10-21-19/h2-8,10,16H,9,11-15H2,1H3/p+2/t16-/m0/s1. The lowest BCUT2D eigenvalue weighted by Crippen LogP contribution is -3.19. The topological polar surface area (TPSA) is 42.1 Å². The molecule has 1 fully saturated rings. The van der Waals surface area contributed by atoms with Crippen LogP contribution < -0.4 is 19.7 Å². The summed E-state index contributed by atoms with van der Waals surface area (Å²) in [5.74, 6) is 1.42. The van der Waals surface area contributed by atoms with Gasteiger partial charge >= 0.3 is 0 Å². The molecule has 5 nitrogen and oxygen atoms in total. The molecule has 0 unspecified atom stereocenters. The number of nitrogens with one attached hydrogen (secondary N) is 2. The molecule has 0 saturated carbocycles. The SMILES string of the molecule is C[C@@H](C(=O)N1CCc2ccccc21)[NH+]1CCN(c2cccc[nH+]2)CC1. The van der Waals surface area contributed by atoms with Gasteiger partial charge in [-0.15, -0.1) is 0 Å². The molecule has 0 aliphatic carbocycles. The minimum Gasteiger partial charge on any atom is -0.318 e. The maximum Gasteiger partial charge on any atom is 0.284 e. The quantitative estimate of drug-likeness (QED) is 0.868. The van der Waals surface area contributed by atoms with Gasteiger partial charge in [-0.2, -0.15) is 0 Å². The van der Waals surface area contributed by atoms with E-state index in [1.54, 1.807) is 0 Å². The van der Waals surface area contributed by atoms with Crippen molar-refractivity contribution in [2.24, 2.45) is 0 Å². The maximum atomic E-state index is 13.0. The van der Waals surface area contributed by atoms with Gasteiger partial charge in [-0.3, -0.25) is 9.69 Å². The number of pyridine rings is 1. The Bertz CT molecular complexity index is 740. The summed E-state index contributed by atoms with van der Waals surface area (Å²) in [6, 6.07) is 14.5. The first kappa shape index (κ1) is 16.1. The summed E-state index contributed by atoms with van der Waals surface area (Å²) >= 11 is 0. The predicted octanol–water partition coefficient (Wildman–Crippen LogP) is 0.183. The number of quaternary nitrogens is 1. The first-order valence-electron chi connectivity index (χ1n) is 9.19. The first-order chi connectivity index (χ1) is 12.2. The summed E-state index contributed by atoms with van der Waals surface area (Å²) < 4.78 is 0. The molecule has 3 heterocycles. The highest BCUT2D eigenvalue weighted by Gasteiger charge is 2.36. The van der Waals surface area contributed by atoms with Gasteiger partial charge in [0.1, 0.15) is 26.2 Å². The number of piperazine rings is 1. The summed E-state index contributed by atoms with van der Waals surface area (Å²) in [4.78, 5) is 22.1. The molecule has 1 aromatic carbocycles. The van der Waals surface area contributed by atoms with Gasteiger partial charge in [0, 0.05) is 18.3 Å². The molecule has 0 bridgehead atoms. The van der Waals surface area contributed by atoms with Crippen LogP contribution in [0.15, 0.2) is 48.7 Å². The number of carbonyl (C=O) groups is 1. The van der Waals surface area contributed by atoms with Crippen molar-refractivity contribution in [3.63, 3.8) is 0 Å². The van der Waals surface area contributed by atoms with E-state index in [1.165, 1.54) is 10.5 Å². The smallest absolute Gasteiger partial charge is 0.284 e. The van der Waals surface area contributed by atoms with Crippen molar-refractivity contribution in [1.82, 2.24) is 0 Å². The number of benzene rings is 1. The largest absolute Gasteiger partial charge is 0.318 e. The summed E-state index contributed by atoms with van der Waals surface area (Å²) in [5.41, 5.74) is 2.40. The van der Waals surface area contributed by atoms with Crippen molar-refractivity contribution in [3.8, 4) is 0 Å². The minimum absolute atomic E-state index is 0.00746. The number of para-hydroxylation sites is 1. The molecule has 2 N–H and O–H groups in total. The van der Waals surface area contributed by atoms with E-state index in [2.05, 4.69) is 47.1 Å². The number of H-pyrrole nitrogens is 1. The summed E-state index contributed by atoms with van der Waals surface area (Å²) in [6.45, 7) is 6.84. The van der Waals surface area contributed by atoms with Gasteiger partial charge in [-0.05, 0) is 31.0 Å². The van der Waals surface area contributed by atoms with Crippen LogP contribution in [-0.4, -0.2) is 44.7 Å². The van der Waals surface area contributed by atoms with E-state index in [-0.39, 0.29) is 11.9 Å². The molecule has 1 aromatic heterocycles. The molecule has 4 rings (SSSR count). The highest BCUT2D eigenvalue weighted by molar-refractivity contribution is 5.97. The van der Waals surface area contributed by atoms with Crippen LogP contribution in [0.2, 0.25) is 0 Å². The molecule has 1 amide bonds. The van der Waals surface area contributed by atoms with Crippen LogP contribution >= 0.6 is 0 Å². The number of carbonyl (C=O) groups excluding carboxylic acids is 1. The number of aromatic amines is 1. The van der Waals surface area contributed by atoms with Crippen molar-refractivity contribution in [1.29, 1.82) is 0 Å². The third-order valence-corrected chi connectivity index (χ3v) is 5.57. The minimum atomic E-state index is 0.00746. The van der Waals surface area contributed by atoms with E-state index in [4.69, 9.17) is 0 Å². The second-order valence-electron chi connectivity index (χ2n) is 6.98. The third-order valence-electron chi connectivity index (χ3n) is 5.57. The van der Waals surface area contributed by atoms with Crippen LogP contribution in [0.3, 0.4) is 0 Å². The average molecular weight is 338 g/mol. The van der Waals surface area contributed by atoms with E-state index in [0.29, 0.717) is 0 Å². The Kier molecular flexibility index (Phi) is 4.40. The third kappa shape index (κ3) is 3.12. The number of fused-ring (bicyclic) bond motifs is 1.